The van der Waals surface area contributed by atoms with Gasteiger partial charge in [-0.05, 0) is 48.0 Å². The molecule has 12 heteroatoms. The third kappa shape index (κ3) is 4.75. The first-order chi connectivity index (χ1) is 16.2. The molecule has 0 unspecified atom stereocenters. The van der Waals surface area contributed by atoms with Gasteiger partial charge in [0.1, 0.15) is 5.82 Å². The van der Waals surface area contributed by atoms with Crippen molar-refractivity contribution in [1.82, 2.24) is 4.98 Å². The van der Waals surface area contributed by atoms with Gasteiger partial charge in [0.05, 0.1) is 31.0 Å². The fraction of sp³-hybridized carbons (Fsp3) is 0. The number of amides is 1. The molecule has 0 bridgehead atoms. The van der Waals surface area contributed by atoms with Crippen LogP contribution in [0.5, 0.6) is 0 Å². The third-order valence-corrected chi connectivity index (χ3v) is 6.05. The van der Waals surface area contributed by atoms with Crippen molar-refractivity contribution in [3.05, 3.63) is 103 Å². The highest BCUT2D eigenvalue weighted by Gasteiger charge is 2.20. The molecule has 1 amide bonds. The number of nitro groups is 2. The van der Waals surface area contributed by atoms with Crippen molar-refractivity contribution in [1.29, 1.82) is 0 Å². The lowest BCUT2D eigenvalue weighted by Gasteiger charge is -2.04. The zero-order valence-electron chi connectivity index (χ0n) is 16.9. The lowest BCUT2D eigenvalue weighted by atomic mass is 10.1. The van der Waals surface area contributed by atoms with Gasteiger partial charge in [-0.3, -0.25) is 30.3 Å². The van der Waals surface area contributed by atoms with Crippen LogP contribution in [0.4, 0.5) is 20.9 Å². The van der Waals surface area contributed by atoms with E-state index in [0.29, 0.717) is 21.7 Å². The summed E-state index contributed by atoms with van der Waals surface area (Å²) in [6, 6.07) is 14.9. The average molecular weight is 499 g/mol. The number of nitrogens with zero attached hydrogens (tertiary/aromatic N) is 3. The predicted molar refractivity (Wildman–Crippen MR) is 126 cm³/mol. The second kappa shape index (κ2) is 9.33. The average Bonchev–Trinajstić information content (AvgIpc) is 3.23. The zero-order chi connectivity index (χ0) is 24.4. The molecule has 0 fully saturated rings. The minimum Gasteiger partial charge on any atom is -0.298 e. The van der Waals surface area contributed by atoms with E-state index in [9.17, 15) is 29.4 Å². The van der Waals surface area contributed by atoms with Crippen LogP contribution in [0.1, 0.15) is 10.4 Å². The van der Waals surface area contributed by atoms with Crippen LogP contribution in [-0.2, 0) is 0 Å². The molecule has 1 N–H and O–H groups in total. The molecule has 1 heterocycles. The number of thiazole rings is 1. The lowest BCUT2D eigenvalue weighted by Crippen LogP contribution is -2.12. The first-order valence-corrected chi connectivity index (χ1v) is 10.7. The minimum atomic E-state index is -0.630. The maximum absolute atomic E-state index is 13.4. The minimum absolute atomic E-state index is 0.0164. The van der Waals surface area contributed by atoms with Crippen LogP contribution in [0.2, 0.25) is 5.02 Å². The Balaban J connectivity index is 1.72. The van der Waals surface area contributed by atoms with E-state index in [1.54, 1.807) is 12.1 Å². The highest BCUT2D eigenvalue weighted by Crippen LogP contribution is 2.40. The van der Waals surface area contributed by atoms with Crippen LogP contribution in [0.3, 0.4) is 0 Å². The van der Waals surface area contributed by atoms with Crippen molar-refractivity contribution in [2.45, 2.75) is 0 Å². The van der Waals surface area contributed by atoms with Crippen LogP contribution in [0.25, 0.3) is 21.7 Å². The third-order valence-electron chi connectivity index (χ3n) is 4.71. The summed E-state index contributed by atoms with van der Waals surface area (Å²) in [6.45, 7) is 0. The molecule has 0 atom stereocenters. The Kier molecular flexibility index (Phi) is 6.30. The quantitative estimate of drug-likeness (QED) is 0.244. The molecular formula is C22H12ClFN4O5S. The van der Waals surface area contributed by atoms with Crippen molar-refractivity contribution in [3.63, 3.8) is 0 Å². The van der Waals surface area contributed by atoms with Gasteiger partial charge in [-0.25, -0.2) is 9.37 Å². The molecule has 4 aromatic rings. The molecule has 0 aliphatic carbocycles. The van der Waals surface area contributed by atoms with E-state index in [-0.39, 0.29) is 27.1 Å². The van der Waals surface area contributed by atoms with Gasteiger partial charge < -0.3 is 0 Å². The van der Waals surface area contributed by atoms with Gasteiger partial charge in [0, 0.05) is 29.8 Å². The monoisotopic (exact) mass is 498 g/mol. The molecule has 0 saturated heterocycles. The second-order valence-electron chi connectivity index (χ2n) is 6.88. The van der Waals surface area contributed by atoms with Crippen LogP contribution < -0.4 is 5.32 Å². The number of rotatable bonds is 6. The Labute approximate surface area is 199 Å². The highest BCUT2D eigenvalue weighted by atomic mass is 35.5. The van der Waals surface area contributed by atoms with E-state index in [4.69, 9.17) is 11.6 Å². The summed E-state index contributed by atoms with van der Waals surface area (Å²) < 4.78 is 13.4. The smallest absolute Gasteiger partial charge is 0.270 e. The van der Waals surface area contributed by atoms with E-state index in [0.717, 1.165) is 23.5 Å². The van der Waals surface area contributed by atoms with E-state index in [1.807, 2.05) is 0 Å². The molecule has 3 aromatic carbocycles. The molecule has 0 radical (unpaired) electrons. The van der Waals surface area contributed by atoms with Gasteiger partial charge in [-0.15, -0.1) is 0 Å². The Hall–Kier alpha value is -4.22. The Morgan fingerprint density at radius 3 is 2.09 bits per heavy atom. The molecule has 0 aliphatic heterocycles. The van der Waals surface area contributed by atoms with E-state index in [2.05, 4.69) is 10.3 Å². The summed E-state index contributed by atoms with van der Waals surface area (Å²) in [6.07, 6.45) is 0. The van der Waals surface area contributed by atoms with Gasteiger partial charge in [0.15, 0.2) is 5.13 Å². The molecule has 0 aliphatic rings. The first-order valence-electron chi connectivity index (χ1n) is 9.50. The predicted octanol–water partition coefficient (Wildman–Crippen LogP) is 6.34. The highest BCUT2D eigenvalue weighted by molar-refractivity contribution is 7.19. The van der Waals surface area contributed by atoms with Crippen LogP contribution in [-0.4, -0.2) is 20.7 Å². The summed E-state index contributed by atoms with van der Waals surface area (Å²) >= 11 is 7.15. The Morgan fingerprint density at radius 2 is 1.50 bits per heavy atom. The molecule has 1 aromatic heterocycles. The van der Waals surface area contributed by atoms with Gasteiger partial charge in [0.2, 0.25) is 0 Å². The number of nitrogens with one attached hydrogen (secondary N) is 1. The molecule has 0 spiro atoms. The standard InChI is InChI=1S/C22H12ClFN4O5S/c23-18-11-16(28(32)33)9-10-17(18)21(29)26-22-25-19(12-1-5-14(24)6-2-12)20(34-22)13-3-7-15(8-4-13)27(30)31/h1-11H,(H,25,26,29). The molecule has 34 heavy (non-hydrogen) atoms. The van der Waals surface area contributed by atoms with Crippen molar-refractivity contribution in [2.75, 3.05) is 5.32 Å². The molecule has 9 nitrogen and oxygen atoms in total. The Morgan fingerprint density at radius 1 is 0.912 bits per heavy atom. The van der Waals surface area contributed by atoms with Crippen LogP contribution >= 0.6 is 22.9 Å². The summed E-state index contributed by atoms with van der Waals surface area (Å²) in [7, 11) is 0. The maximum Gasteiger partial charge on any atom is 0.270 e. The van der Waals surface area contributed by atoms with Crippen LogP contribution in [0, 0.1) is 26.0 Å². The summed E-state index contributed by atoms with van der Waals surface area (Å²) in [4.78, 5) is 38.5. The number of nitro benzene ring substituents is 2. The number of carbonyl (C=O) groups excluding carboxylic acids is 1. The van der Waals surface area contributed by atoms with Gasteiger partial charge in [-0.2, -0.15) is 0 Å². The largest absolute Gasteiger partial charge is 0.298 e. The molecule has 0 saturated carbocycles. The van der Waals surface area contributed by atoms with E-state index < -0.39 is 21.6 Å². The van der Waals surface area contributed by atoms with E-state index >= 15 is 0 Å². The fourth-order valence-corrected chi connectivity index (χ4v) is 4.32. The van der Waals surface area contributed by atoms with Crippen molar-refractivity contribution >= 4 is 45.4 Å². The summed E-state index contributed by atoms with van der Waals surface area (Å²) in [5, 5.41) is 24.6. The fourth-order valence-electron chi connectivity index (χ4n) is 3.07. The van der Waals surface area contributed by atoms with E-state index in [1.165, 1.54) is 42.5 Å². The van der Waals surface area contributed by atoms with Crippen molar-refractivity contribution < 1.29 is 19.0 Å². The zero-order valence-corrected chi connectivity index (χ0v) is 18.5. The number of benzene rings is 3. The van der Waals surface area contributed by atoms with Gasteiger partial charge >= 0.3 is 0 Å². The normalized spacial score (nSPS) is 10.6. The van der Waals surface area contributed by atoms with Gasteiger partial charge in [0.25, 0.3) is 17.3 Å². The summed E-state index contributed by atoms with van der Waals surface area (Å²) in [5.41, 5.74) is 1.29. The lowest BCUT2D eigenvalue weighted by molar-refractivity contribution is -0.385. The SMILES string of the molecule is O=C(Nc1nc(-c2ccc(F)cc2)c(-c2ccc([N+](=O)[O-])cc2)s1)c1ccc([N+](=O)[O-])cc1Cl. The number of carbonyl (C=O) groups is 1. The number of non-ortho nitro benzene ring substituents is 2. The second-order valence-corrected chi connectivity index (χ2v) is 8.29. The van der Waals surface area contributed by atoms with Crippen molar-refractivity contribution in [2.24, 2.45) is 0 Å². The number of hydrogen-bond donors (Lipinski definition) is 1. The Bertz CT molecular complexity index is 1420. The summed E-state index contributed by atoms with van der Waals surface area (Å²) in [5.74, 6) is -1.06. The number of hydrogen-bond acceptors (Lipinski definition) is 7. The maximum atomic E-state index is 13.4. The molecule has 170 valence electrons. The number of aromatic nitrogens is 1. The first kappa shape index (κ1) is 23.0. The van der Waals surface area contributed by atoms with Crippen molar-refractivity contribution in [3.8, 4) is 21.7 Å². The number of anilines is 1. The topological polar surface area (TPSA) is 128 Å². The number of halogens is 2. The van der Waals surface area contributed by atoms with Crippen LogP contribution in [0.15, 0.2) is 66.7 Å². The molecule has 4 rings (SSSR count). The molecular weight excluding hydrogens is 487 g/mol. The van der Waals surface area contributed by atoms with Gasteiger partial charge in [-0.1, -0.05) is 22.9 Å².